The number of benzene rings is 6. The Balaban J connectivity index is 1.10. The molecule has 6 aromatic rings. The second-order valence-electron chi connectivity index (χ2n) is 18.8. The Bertz CT molecular complexity index is 2710. The molecule has 0 N–H and O–H groups in total. The SMILES string of the molecule is CC(C)(C)c1ccc2c(c1)C(=O)c1c(-c3ccc(N(c4ccc5c(c4)C(C)(C)c4ccccc4-5)c4ccc5c(c4)C(C)(C)C4C=CC=CC54C)cc3)cccc1-2. The van der Waals surface area contributed by atoms with Crippen molar-refractivity contribution in [3.63, 3.8) is 0 Å². The third-order valence-corrected chi connectivity index (χ3v) is 13.8. The molecule has 0 fully saturated rings. The monoisotopic (exact) mass is 727 g/mol. The van der Waals surface area contributed by atoms with E-state index in [0.29, 0.717) is 5.92 Å². The molecular formula is C54H49NO. The molecule has 0 aliphatic heterocycles. The molecule has 4 aliphatic carbocycles. The normalized spacial score (nSPS) is 20.2. The molecule has 2 unspecified atom stereocenters. The van der Waals surface area contributed by atoms with E-state index in [1.165, 1.54) is 38.9 Å². The smallest absolute Gasteiger partial charge is 0.194 e. The second kappa shape index (κ2) is 11.6. The van der Waals surface area contributed by atoms with Gasteiger partial charge in [-0.15, -0.1) is 0 Å². The van der Waals surface area contributed by atoms with Gasteiger partial charge in [0, 0.05) is 39.0 Å². The summed E-state index contributed by atoms with van der Waals surface area (Å²) in [5, 5.41) is 0. The molecule has 0 saturated carbocycles. The van der Waals surface area contributed by atoms with Gasteiger partial charge in [-0.3, -0.25) is 4.79 Å². The van der Waals surface area contributed by atoms with Gasteiger partial charge in [0.15, 0.2) is 5.78 Å². The zero-order chi connectivity index (χ0) is 38.9. The summed E-state index contributed by atoms with van der Waals surface area (Å²) in [6, 6.07) is 44.6. The average molecular weight is 728 g/mol. The highest BCUT2D eigenvalue weighted by atomic mass is 16.1. The highest BCUT2D eigenvalue weighted by molar-refractivity contribution is 6.24. The molecule has 0 amide bonds. The standard InChI is InChI=1S/C54H49NO/c1-51(2,3)34-21-26-39-42-16-13-15-38(49(42)50(56)43(39)30-34)33-19-22-35(23-20-33)55(36-24-27-41-40-14-9-10-17-44(40)52(4,5)46(41)31-36)37-25-28-45-47(32-37)53(6,7)48-18-11-12-29-54(45,48)8/h9-32,48H,1-8H3. The van der Waals surface area contributed by atoms with Crippen LogP contribution in [0.5, 0.6) is 0 Å². The predicted octanol–water partition coefficient (Wildman–Crippen LogP) is 13.9. The molecule has 2 nitrogen and oxygen atoms in total. The molecular weight excluding hydrogens is 679 g/mol. The van der Waals surface area contributed by atoms with Crippen molar-refractivity contribution in [1.29, 1.82) is 0 Å². The molecule has 6 aromatic carbocycles. The van der Waals surface area contributed by atoms with Gasteiger partial charge in [-0.2, -0.15) is 0 Å². The fraction of sp³-hybridized carbons (Fsp3) is 0.241. The Hall–Kier alpha value is -5.73. The number of rotatable bonds is 4. The zero-order valence-corrected chi connectivity index (χ0v) is 33.8. The molecule has 0 bridgehead atoms. The predicted molar refractivity (Wildman–Crippen MR) is 234 cm³/mol. The quantitative estimate of drug-likeness (QED) is 0.180. The molecule has 0 saturated heterocycles. The Labute approximate surface area is 332 Å². The van der Waals surface area contributed by atoms with Crippen molar-refractivity contribution in [3.8, 4) is 33.4 Å². The maximum Gasteiger partial charge on any atom is 0.194 e. The fourth-order valence-corrected chi connectivity index (χ4v) is 10.7. The van der Waals surface area contributed by atoms with Gasteiger partial charge in [0.1, 0.15) is 0 Å². The summed E-state index contributed by atoms with van der Waals surface area (Å²) in [5.74, 6) is 0.502. The Morgan fingerprint density at radius 1 is 0.536 bits per heavy atom. The van der Waals surface area contributed by atoms with Crippen LogP contribution in [-0.2, 0) is 21.7 Å². The van der Waals surface area contributed by atoms with E-state index in [4.69, 9.17) is 0 Å². The number of carbonyl (C=O) groups is 1. The topological polar surface area (TPSA) is 20.3 Å². The van der Waals surface area contributed by atoms with Crippen LogP contribution in [0.2, 0.25) is 0 Å². The highest BCUT2D eigenvalue weighted by Crippen LogP contribution is 2.58. The van der Waals surface area contributed by atoms with E-state index in [1.54, 1.807) is 0 Å². The van der Waals surface area contributed by atoms with Crippen LogP contribution in [0.15, 0.2) is 146 Å². The Morgan fingerprint density at radius 3 is 1.95 bits per heavy atom. The summed E-state index contributed by atoms with van der Waals surface area (Å²) in [5.41, 5.74) is 18.2. The maximum atomic E-state index is 14.2. The van der Waals surface area contributed by atoms with Crippen LogP contribution in [0.4, 0.5) is 17.1 Å². The lowest BCUT2D eigenvalue weighted by molar-refractivity contribution is 0.104. The van der Waals surface area contributed by atoms with Gasteiger partial charge in [-0.1, -0.05) is 159 Å². The van der Waals surface area contributed by atoms with Crippen LogP contribution in [0.3, 0.4) is 0 Å². The van der Waals surface area contributed by atoms with Crippen LogP contribution in [0, 0.1) is 5.92 Å². The third kappa shape index (κ3) is 4.78. The van der Waals surface area contributed by atoms with Crippen molar-refractivity contribution in [2.45, 2.75) is 77.0 Å². The lowest BCUT2D eigenvalue weighted by Crippen LogP contribution is -2.33. The average Bonchev–Trinajstić information content (AvgIpc) is 3.68. The maximum absolute atomic E-state index is 14.2. The van der Waals surface area contributed by atoms with E-state index in [2.05, 4.69) is 206 Å². The minimum absolute atomic E-state index is 0.0357. The molecule has 4 aliphatic rings. The van der Waals surface area contributed by atoms with Crippen molar-refractivity contribution in [2.75, 3.05) is 4.90 Å². The fourth-order valence-electron chi connectivity index (χ4n) is 10.7. The largest absolute Gasteiger partial charge is 0.310 e. The minimum Gasteiger partial charge on any atom is -0.310 e. The van der Waals surface area contributed by atoms with Crippen molar-refractivity contribution in [1.82, 2.24) is 0 Å². The third-order valence-electron chi connectivity index (χ3n) is 13.8. The first kappa shape index (κ1) is 34.7. The first-order chi connectivity index (χ1) is 26.7. The van der Waals surface area contributed by atoms with Crippen LogP contribution in [-0.4, -0.2) is 5.78 Å². The summed E-state index contributed by atoms with van der Waals surface area (Å²) < 4.78 is 0. The summed E-state index contributed by atoms with van der Waals surface area (Å²) in [4.78, 5) is 16.6. The molecule has 0 aromatic heterocycles. The Morgan fingerprint density at radius 2 is 1.18 bits per heavy atom. The summed E-state index contributed by atoms with van der Waals surface area (Å²) >= 11 is 0. The molecule has 2 atom stereocenters. The number of nitrogens with zero attached hydrogens (tertiary/aromatic N) is 1. The van der Waals surface area contributed by atoms with Crippen LogP contribution in [0.1, 0.15) is 99.1 Å². The van der Waals surface area contributed by atoms with Crippen molar-refractivity contribution < 1.29 is 4.79 Å². The minimum atomic E-state index is -0.119. The van der Waals surface area contributed by atoms with Gasteiger partial charge < -0.3 is 4.90 Å². The molecule has 276 valence electrons. The Kier molecular flexibility index (Phi) is 7.23. The van der Waals surface area contributed by atoms with Crippen molar-refractivity contribution in [2.24, 2.45) is 5.92 Å². The van der Waals surface area contributed by atoms with E-state index >= 15 is 0 Å². The number of ketones is 1. The number of hydrogen-bond donors (Lipinski definition) is 0. The van der Waals surface area contributed by atoms with E-state index in [0.717, 1.165) is 50.4 Å². The molecule has 10 rings (SSSR count). The number of fused-ring (bicyclic) bond motifs is 9. The number of hydrogen-bond acceptors (Lipinski definition) is 2. The first-order valence-electron chi connectivity index (χ1n) is 20.2. The van der Waals surface area contributed by atoms with Gasteiger partial charge >= 0.3 is 0 Å². The van der Waals surface area contributed by atoms with E-state index in [1.807, 2.05) is 0 Å². The first-order valence-corrected chi connectivity index (χ1v) is 20.2. The highest BCUT2D eigenvalue weighted by Gasteiger charge is 2.52. The molecule has 0 heterocycles. The van der Waals surface area contributed by atoms with E-state index < -0.39 is 0 Å². The molecule has 0 spiro atoms. The van der Waals surface area contributed by atoms with Gasteiger partial charge in [-0.05, 0) is 120 Å². The second-order valence-corrected chi connectivity index (χ2v) is 18.8. The summed E-state index contributed by atoms with van der Waals surface area (Å²) in [6.07, 6.45) is 9.24. The number of anilines is 3. The van der Waals surface area contributed by atoms with E-state index in [-0.39, 0.29) is 27.4 Å². The van der Waals surface area contributed by atoms with Gasteiger partial charge in [0.05, 0.1) is 0 Å². The molecule has 2 heteroatoms. The van der Waals surface area contributed by atoms with Gasteiger partial charge in [0.2, 0.25) is 0 Å². The summed E-state index contributed by atoms with van der Waals surface area (Å²) in [7, 11) is 0. The van der Waals surface area contributed by atoms with Crippen molar-refractivity contribution in [3.05, 3.63) is 185 Å². The lowest BCUT2D eigenvalue weighted by Gasteiger charge is -2.36. The number of allylic oxidation sites excluding steroid dienone is 4. The zero-order valence-electron chi connectivity index (χ0n) is 33.8. The van der Waals surface area contributed by atoms with Crippen molar-refractivity contribution >= 4 is 22.8 Å². The van der Waals surface area contributed by atoms with Gasteiger partial charge in [0.25, 0.3) is 0 Å². The van der Waals surface area contributed by atoms with Crippen LogP contribution in [0.25, 0.3) is 33.4 Å². The molecule has 56 heavy (non-hydrogen) atoms. The van der Waals surface area contributed by atoms with Gasteiger partial charge in [-0.25, -0.2) is 0 Å². The molecule has 0 radical (unpaired) electrons. The van der Waals surface area contributed by atoms with Crippen LogP contribution < -0.4 is 4.90 Å². The lowest BCUT2D eigenvalue weighted by atomic mass is 9.67. The summed E-state index contributed by atoms with van der Waals surface area (Å²) in [6.45, 7) is 18.5. The van der Waals surface area contributed by atoms with E-state index in [9.17, 15) is 4.79 Å². The number of carbonyl (C=O) groups excluding carboxylic acids is 1. The van der Waals surface area contributed by atoms with Crippen LogP contribution >= 0.6 is 0 Å².